The molecular formula is C25H27N3O4S. The molecule has 7 nitrogen and oxygen atoms in total. The fraction of sp³-hybridized carbons (Fsp3) is 0.280. The average Bonchev–Trinajstić information content (AvgIpc) is 3.16. The number of carbonyl (C=O) groups is 2. The fourth-order valence-electron chi connectivity index (χ4n) is 4.17. The van der Waals surface area contributed by atoms with Crippen molar-refractivity contribution in [1.82, 2.24) is 13.8 Å². The quantitative estimate of drug-likeness (QED) is 0.541. The molecule has 1 aliphatic heterocycles. The van der Waals surface area contributed by atoms with Gasteiger partial charge in [-0.15, -0.1) is 0 Å². The molecule has 0 N–H and O–H groups in total. The molecule has 0 radical (unpaired) electrons. The van der Waals surface area contributed by atoms with Gasteiger partial charge in [-0.1, -0.05) is 12.1 Å². The number of hydrogen-bond donors (Lipinski definition) is 0. The zero-order valence-electron chi connectivity index (χ0n) is 19.0. The summed E-state index contributed by atoms with van der Waals surface area (Å²) in [5.41, 5.74) is 4.18. The van der Waals surface area contributed by atoms with Gasteiger partial charge < -0.3 is 9.47 Å². The molecule has 0 aliphatic carbocycles. The predicted octanol–water partition coefficient (Wildman–Crippen LogP) is 3.44. The number of aromatic nitrogens is 1. The Balaban J connectivity index is 1.44. The number of hydrogen-bond acceptors (Lipinski definition) is 4. The second-order valence-corrected chi connectivity index (χ2v) is 10.2. The minimum absolute atomic E-state index is 0.0983. The lowest BCUT2D eigenvalue weighted by Gasteiger charge is -2.34. The van der Waals surface area contributed by atoms with Crippen LogP contribution in [0.15, 0.2) is 65.6 Å². The summed E-state index contributed by atoms with van der Waals surface area (Å²) in [7, 11) is -3.73. The number of piperazine rings is 1. The van der Waals surface area contributed by atoms with Gasteiger partial charge in [0.05, 0.1) is 4.90 Å². The van der Waals surface area contributed by atoms with E-state index in [9.17, 15) is 18.0 Å². The lowest BCUT2D eigenvalue weighted by molar-refractivity contribution is 0.0697. The van der Waals surface area contributed by atoms with Crippen LogP contribution < -0.4 is 0 Å². The molecule has 172 valence electrons. The molecule has 1 aromatic heterocycles. The third kappa shape index (κ3) is 4.49. The Bertz CT molecular complexity index is 1280. The van der Waals surface area contributed by atoms with Crippen LogP contribution in [0, 0.1) is 13.8 Å². The Morgan fingerprint density at radius 1 is 0.788 bits per heavy atom. The lowest BCUT2D eigenvalue weighted by Crippen LogP contribution is -2.50. The van der Waals surface area contributed by atoms with Crippen molar-refractivity contribution < 1.29 is 18.0 Å². The first-order valence-corrected chi connectivity index (χ1v) is 12.3. The second kappa shape index (κ2) is 8.96. The molecule has 1 saturated heterocycles. The van der Waals surface area contributed by atoms with Gasteiger partial charge in [0.25, 0.3) is 5.91 Å². The average molecular weight is 466 g/mol. The first kappa shape index (κ1) is 22.9. The highest BCUT2D eigenvalue weighted by molar-refractivity contribution is 7.89. The minimum atomic E-state index is -3.73. The van der Waals surface area contributed by atoms with Gasteiger partial charge in [-0.2, -0.15) is 4.31 Å². The maximum absolute atomic E-state index is 13.0. The number of ketones is 1. The fourth-order valence-corrected chi connectivity index (χ4v) is 5.64. The molecule has 2 heterocycles. The maximum atomic E-state index is 13.0. The number of aryl methyl sites for hydroxylation is 2. The van der Waals surface area contributed by atoms with Crippen LogP contribution >= 0.6 is 0 Å². The zero-order valence-corrected chi connectivity index (χ0v) is 19.8. The monoisotopic (exact) mass is 465 g/mol. The Labute approximate surface area is 194 Å². The number of carbonyl (C=O) groups excluding carboxylic acids is 2. The molecule has 0 unspecified atom stereocenters. The molecular weight excluding hydrogens is 438 g/mol. The van der Waals surface area contributed by atoms with E-state index in [1.54, 1.807) is 17.0 Å². The first-order valence-electron chi connectivity index (χ1n) is 10.8. The van der Waals surface area contributed by atoms with Crippen molar-refractivity contribution in [2.75, 3.05) is 26.2 Å². The van der Waals surface area contributed by atoms with Gasteiger partial charge in [-0.05, 0) is 69.3 Å². The minimum Gasteiger partial charge on any atom is -0.336 e. The third-order valence-corrected chi connectivity index (χ3v) is 7.94. The number of benzene rings is 2. The molecule has 1 aliphatic rings. The summed E-state index contributed by atoms with van der Waals surface area (Å²) >= 11 is 0. The van der Waals surface area contributed by atoms with E-state index in [0.29, 0.717) is 24.2 Å². The summed E-state index contributed by atoms with van der Waals surface area (Å²) in [5, 5.41) is 0. The van der Waals surface area contributed by atoms with Gasteiger partial charge in [0, 0.05) is 54.4 Å². The Morgan fingerprint density at radius 3 is 1.97 bits per heavy atom. The maximum Gasteiger partial charge on any atom is 0.253 e. The van der Waals surface area contributed by atoms with Crippen LogP contribution in [-0.2, 0) is 10.0 Å². The Morgan fingerprint density at radius 2 is 1.39 bits per heavy atom. The van der Waals surface area contributed by atoms with Crippen molar-refractivity contribution in [3.05, 3.63) is 83.2 Å². The highest BCUT2D eigenvalue weighted by Crippen LogP contribution is 2.21. The van der Waals surface area contributed by atoms with Crippen molar-refractivity contribution in [1.29, 1.82) is 0 Å². The highest BCUT2D eigenvalue weighted by Gasteiger charge is 2.30. The number of Topliss-reactive ketones (excluding diaryl/α,β-unsaturated/α-hetero) is 1. The summed E-state index contributed by atoms with van der Waals surface area (Å²) in [5.74, 6) is -0.297. The summed E-state index contributed by atoms with van der Waals surface area (Å²) < 4.78 is 29.5. The van der Waals surface area contributed by atoms with Crippen molar-refractivity contribution in [2.24, 2.45) is 0 Å². The Kier molecular flexibility index (Phi) is 6.23. The zero-order chi connectivity index (χ0) is 23.8. The van der Waals surface area contributed by atoms with E-state index < -0.39 is 10.0 Å². The van der Waals surface area contributed by atoms with E-state index in [1.807, 2.05) is 38.1 Å². The number of rotatable bonds is 5. The molecule has 8 heteroatoms. The molecule has 1 fully saturated rings. The van der Waals surface area contributed by atoms with E-state index in [0.717, 1.165) is 17.1 Å². The molecule has 0 bridgehead atoms. The van der Waals surface area contributed by atoms with Crippen LogP contribution in [0.1, 0.15) is 39.0 Å². The van der Waals surface area contributed by atoms with Crippen LogP contribution in [0.4, 0.5) is 0 Å². The molecule has 0 spiro atoms. The molecule has 2 aromatic carbocycles. The van der Waals surface area contributed by atoms with Gasteiger partial charge >= 0.3 is 0 Å². The predicted molar refractivity (Wildman–Crippen MR) is 126 cm³/mol. The summed E-state index contributed by atoms with van der Waals surface area (Å²) in [6, 6.07) is 17.7. The smallest absolute Gasteiger partial charge is 0.253 e. The van der Waals surface area contributed by atoms with Gasteiger partial charge in [0.15, 0.2) is 5.78 Å². The molecule has 4 rings (SSSR count). The molecule has 1 amide bonds. The number of nitrogens with zero attached hydrogens (tertiary/aromatic N) is 3. The summed E-state index contributed by atoms with van der Waals surface area (Å²) in [6.07, 6.45) is 0. The lowest BCUT2D eigenvalue weighted by atomic mass is 10.1. The molecule has 0 atom stereocenters. The van der Waals surface area contributed by atoms with Gasteiger partial charge in [0.2, 0.25) is 10.0 Å². The van der Waals surface area contributed by atoms with Crippen molar-refractivity contribution in [3.63, 3.8) is 0 Å². The van der Waals surface area contributed by atoms with Gasteiger partial charge in [-0.3, -0.25) is 9.59 Å². The second-order valence-electron chi connectivity index (χ2n) is 8.28. The summed E-state index contributed by atoms with van der Waals surface area (Å²) in [6.45, 7) is 6.51. The van der Waals surface area contributed by atoms with Gasteiger partial charge in [-0.25, -0.2) is 8.42 Å². The van der Waals surface area contributed by atoms with E-state index >= 15 is 0 Å². The molecule has 33 heavy (non-hydrogen) atoms. The van der Waals surface area contributed by atoms with E-state index in [4.69, 9.17) is 0 Å². The topological polar surface area (TPSA) is 79.7 Å². The van der Waals surface area contributed by atoms with E-state index in [1.165, 1.54) is 23.4 Å². The molecule has 0 saturated carbocycles. The number of amides is 1. The SMILES string of the molecule is CC(=O)c1cccc(S(=O)(=O)N2CCN(C(=O)c3ccc(-n4c(C)ccc4C)cc3)CC2)c1. The first-order chi connectivity index (χ1) is 15.7. The summed E-state index contributed by atoms with van der Waals surface area (Å²) in [4.78, 5) is 26.4. The highest BCUT2D eigenvalue weighted by atomic mass is 32.2. The normalized spacial score (nSPS) is 14.9. The van der Waals surface area contributed by atoms with Crippen LogP contribution in [0.25, 0.3) is 5.69 Å². The van der Waals surface area contributed by atoms with E-state index in [2.05, 4.69) is 16.7 Å². The van der Waals surface area contributed by atoms with Crippen molar-refractivity contribution >= 4 is 21.7 Å². The standard InChI is InChI=1S/C25H27N3O4S/c1-18-7-8-19(2)28(18)23-11-9-21(10-12-23)25(30)26-13-15-27(16-14-26)33(31,32)24-6-4-5-22(17-24)20(3)29/h4-12,17H,13-16H2,1-3H3. The van der Waals surface area contributed by atoms with Crippen molar-refractivity contribution in [3.8, 4) is 5.69 Å². The van der Waals surface area contributed by atoms with Crippen LogP contribution in [0.3, 0.4) is 0 Å². The molecule has 3 aromatic rings. The van der Waals surface area contributed by atoms with Crippen LogP contribution in [-0.4, -0.2) is 60.1 Å². The van der Waals surface area contributed by atoms with Crippen LogP contribution in [0.2, 0.25) is 0 Å². The van der Waals surface area contributed by atoms with Gasteiger partial charge in [0.1, 0.15) is 0 Å². The third-order valence-electron chi connectivity index (χ3n) is 6.05. The van der Waals surface area contributed by atoms with Crippen LogP contribution in [0.5, 0.6) is 0 Å². The number of sulfonamides is 1. The Hall–Kier alpha value is -3.23. The van der Waals surface area contributed by atoms with E-state index in [-0.39, 0.29) is 29.7 Å². The largest absolute Gasteiger partial charge is 0.336 e. The van der Waals surface area contributed by atoms with Crippen molar-refractivity contribution in [2.45, 2.75) is 25.7 Å².